The highest BCUT2D eigenvalue weighted by atomic mass is 32.2. The minimum Gasteiger partial charge on any atom is -0.480 e. The average Bonchev–Trinajstić information content (AvgIpc) is 2.85. The van der Waals surface area contributed by atoms with E-state index in [1.807, 2.05) is 20.8 Å². The number of nitrogens with zero attached hydrogens (tertiary/aromatic N) is 1. The van der Waals surface area contributed by atoms with Crippen LogP contribution in [0.5, 0.6) is 0 Å². The van der Waals surface area contributed by atoms with Crippen molar-refractivity contribution in [2.75, 3.05) is 0 Å². The number of sulfonamides is 1. The number of hydrogen-bond donors (Lipinski definition) is 3. The summed E-state index contributed by atoms with van der Waals surface area (Å²) in [6.07, 6.45) is 1.76. The zero-order valence-electron chi connectivity index (χ0n) is 12.0. The van der Waals surface area contributed by atoms with Gasteiger partial charge in [-0.2, -0.15) is 4.72 Å². The second-order valence-electron chi connectivity index (χ2n) is 5.11. The van der Waals surface area contributed by atoms with Crippen LogP contribution in [0.15, 0.2) is 11.2 Å². The van der Waals surface area contributed by atoms with E-state index in [0.717, 1.165) is 0 Å². The van der Waals surface area contributed by atoms with Crippen molar-refractivity contribution in [1.29, 1.82) is 0 Å². The number of aromatic nitrogens is 2. The van der Waals surface area contributed by atoms with E-state index in [4.69, 9.17) is 5.11 Å². The second-order valence-corrected chi connectivity index (χ2v) is 6.79. The molecule has 1 rings (SSSR count). The summed E-state index contributed by atoms with van der Waals surface area (Å²) in [5.41, 5.74) is 0. The van der Waals surface area contributed by atoms with Crippen molar-refractivity contribution in [3.05, 3.63) is 12.0 Å². The number of imidazole rings is 1. The molecule has 114 valence electrons. The van der Waals surface area contributed by atoms with Crippen molar-refractivity contribution in [2.45, 2.75) is 51.1 Å². The molecular weight excluding hydrogens is 282 g/mol. The third-order valence-electron chi connectivity index (χ3n) is 3.17. The third-order valence-corrected chi connectivity index (χ3v) is 4.52. The number of H-pyrrole nitrogens is 1. The fourth-order valence-corrected chi connectivity index (χ4v) is 2.85. The number of carbonyl (C=O) groups is 1. The van der Waals surface area contributed by atoms with Crippen LogP contribution < -0.4 is 4.72 Å². The van der Waals surface area contributed by atoms with E-state index in [9.17, 15) is 13.2 Å². The van der Waals surface area contributed by atoms with Crippen molar-refractivity contribution in [3.8, 4) is 0 Å². The van der Waals surface area contributed by atoms with Gasteiger partial charge in [0, 0.05) is 5.92 Å². The van der Waals surface area contributed by atoms with Crippen molar-refractivity contribution in [3.63, 3.8) is 0 Å². The van der Waals surface area contributed by atoms with Crippen LogP contribution in [0.4, 0.5) is 0 Å². The highest BCUT2D eigenvalue weighted by Gasteiger charge is 2.30. The van der Waals surface area contributed by atoms with Crippen LogP contribution in [0.1, 0.15) is 45.9 Å². The summed E-state index contributed by atoms with van der Waals surface area (Å²) in [5, 5.41) is 9.01. The molecule has 0 amide bonds. The number of aliphatic carboxylic acids is 1. The Morgan fingerprint density at radius 3 is 2.45 bits per heavy atom. The molecule has 2 atom stereocenters. The van der Waals surface area contributed by atoms with Gasteiger partial charge in [0.05, 0.1) is 6.20 Å². The lowest BCUT2D eigenvalue weighted by Gasteiger charge is -2.19. The van der Waals surface area contributed by atoms with Gasteiger partial charge in [-0.25, -0.2) is 13.4 Å². The van der Waals surface area contributed by atoms with Crippen LogP contribution in [-0.2, 0) is 14.8 Å². The summed E-state index contributed by atoms with van der Waals surface area (Å²) < 4.78 is 26.5. The van der Waals surface area contributed by atoms with E-state index < -0.39 is 22.0 Å². The summed E-state index contributed by atoms with van der Waals surface area (Å²) >= 11 is 0. The molecule has 0 aliphatic carbocycles. The Hall–Kier alpha value is -1.41. The molecule has 3 N–H and O–H groups in total. The normalized spacial score (nSPS) is 15.2. The number of carboxylic acid groups (broad SMARTS) is 1. The van der Waals surface area contributed by atoms with Crippen molar-refractivity contribution >= 4 is 16.0 Å². The Bertz CT molecular complexity index is 565. The van der Waals surface area contributed by atoms with Gasteiger partial charge >= 0.3 is 5.97 Å². The van der Waals surface area contributed by atoms with Crippen LogP contribution >= 0.6 is 0 Å². The lowest BCUT2D eigenvalue weighted by Crippen LogP contribution is -2.45. The van der Waals surface area contributed by atoms with E-state index in [-0.39, 0.29) is 16.9 Å². The van der Waals surface area contributed by atoms with Crippen LogP contribution in [0.3, 0.4) is 0 Å². The zero-order chi connectivity index (χ0) is 15.5. The van der Waals surface area contributed by atoms with E-state index >= 15 is 0 Å². The second kappa shape index (κ2) is 6.36. The molecule has 7 nitrogen and oxygen atoms in total. The zero-order valence-corrected chi connectivity index (χ0v) is 12.9. The van der Waals surface area contributed by atoms with Gasteiger partial charge in [0.1, 0.15) is 11.9 Å². The number of hydrogen-bond acceptors (Lipinski definition) is 4. The van der Waals surface area contributed by atoms with E-state index in [0.29, 0.717) is 12.2 Å². The third kappa shape index (κ3) is 3.80. The number of nitrogens with one attached hydrogen (secondary N) is 2. The lowest BCUT2D eigenvalue weighted by molar-refractivity contribution is -0.140. The van der Waals surface area contributed by atoms with Crippen LogP contribution in [-0.4, -0.2) is 35.5 Å². The highest BCUT2D eigenvalue weighted by Crippen LogP contribution is 2.15. The molecule has 0 bridgehead atoms. The monoisotopic (exact) mass is 303 g/mol. The van der Waals surface area contributed by atoms with E-state index in [1.54, 1.807) is 6.92 Å². The largest absolute Gasteiger partial charge is 0.480 e. The number of carboxylic acids is 1. The molecule has 0 aromatic carbocycles. The molecule has 0 saturated heterocycles. The molecule has 0 saturated carbocycles. The molecule has 0 aliphatic heterocycles. The first kappa shape index (κ1) is 16.6. The molecule has 1 aromatic heterocycles. The number of aromatic amines is 1. The van der Waals surface area contributed by atoms with Crippen LogP contribution in [0.2, 0.25) is 0 Å². The Balaban J connectivity index is 3.00. The summed E-state index contributed by atoms with van der Waals surface area (Å²) in [6.45, 7) is 7.25. The van der Waals surface area contributed by atoms with Gasteiger partial charge in [-0.15, -0.1) is 0 Å². The summed E-state index contributed by atoms with van der Waals surface area (Å²) in [7, 11) is -3.92. The van der Waals surface area contributed by atoms with Gasteiger partial charge in [0.2, 0.25) is 0 Å². The maximum absolute atomic E-state index is 12.2. The first-order valence-electron chi connectivity index (χ1n) is 6.49. The topological polar surface area (TPSA) is 112 Å². The van der Waals surface area contributed by atoms with E-state index in [1.165, 1.54) is 6.20 Å². The lowest BCUT2D eigenvalue weighted by atomic mass is 10.0. The quantitative estimate of drug-likeness (QED) is 0.703. The Morgan fingerprint density at radius 1 is 1.45 bits per heavy atom. The molecule has 0 spiro atoms. The summed E-state index contributed by atoms with van der Waals surface area (Å²) in [5.74, 6) is -0.897. The molecule has 1 aromatic rings. The van der Waals surface area contributed by atoms with Crippen LogP contribution in [0.25, 0.3) is 0 Å². The van der Waals surface area contributed by atoms with Crippen molar-refractivity contribution in [1.82, 2.24) is 14.7 Å². The smallest absolute Gasteiger partial charge is 0.322 e. The Kier molecular flexibility index (Phi) is 5.29. The summed E-state index contributed by atoms with van der Waals surface area (Å²) in [6, 6.07) is -1.16. The van der Waals surface area contributed by atoms with Gasteiger partial charge in [-0.05, 0) is 5.92 Å². The minimum absolute atomic E-state index is 0.0591. The van der Waals surface area contributed by atoms with Crippen molar-refractivity contribution < 1.29 is 18.3 Å². The van der Waals surface area contributed by atoms with E-state index in [2.05, 4.69) is 14.7 Å². The summed E-state index contributed by atoms with van der Waals surface area (Å²) in [4.78, 5) is 17.8. The van der Waals surface area contributed by atoms with Crippen LogP contribution in [0, 0.1) is 5.92 Å². The van der Waals surface area contributed by atoms with Gasteiger partial charge in [0.25, 0.3) is 10.0 Å². The predicted octanol–water partition coefficient (Wildman–Crippen LogP) is 1.31. The predicted molar refractivity (Wildman–Crippen MR) is 73.9 cm³/mol. The first-order valence-corrected chi connectivity index (χ1v) is 7.97. The Morgan fingerprint density at radius 2 is 2.05 bits per heavy atom. The van der Waals surface area contributed by atoms with Gasteiger partial charge in [0.15, 0.2) is 5.03 Å². The molecule has 1 heterocycles. The highest BCUT2D eigenvalue weighted by molar-refractivity contribution is 7.89. The Labute approximate surface area is 118 Å². The molecular formula is C12H21N3O4S. The van der Waals surface area contributed by atoms with Gasteiger partial charge < -0.3 is 10.1 Å². The maximum atomic E-state index is 12.2. The number of rotatable bonds is 7. The molecule has 0 fully saturated rings. The first-order chi connectivity index (χ1) is 9.19. The molecule has 8 heteroatoms. The fourth-order valence-electron chi connectivity index (χ4n) is 1.63. The SMILES string of the molecule is CCC(C)C(NS(=O)(=O)c1cnc(C(C)C)[nH]1)C(=O)O. The maximum Gasteiger partial charge on any atom is 0.322 e. The molecule has 2 unspecified atom stereocenters. The molecule has 0 radical (unpaired) electrons. The minimum atomic E-state index is -3.92. The average molecular weight is 303 g/mol. The van der Waals surface area contributed by atoms with Crippen molar-refractivity contribution in [2.24, 2.45) is 5.92 Å². The van der Waals surface area contributed by atoms with Gasteiger partial charge in [-0.3, -0.25) is 4.79 Å². The molecule has 20 heavy (non-hydrogen) atoms. The standard InChI is InChI=1S/C12H21N3O4S/c1-5-8(4)10(12(16)17)15-20(18,19)9-6-13-11(14-9)7(2)3/h6-8,10,15H,5H2,1-4H3,(H,13,14)(H,16,17). The molecule has 0 aliphatic rings. The fraction of sp³-hybridized carbons (Fsp3) is 0.667. The van der Waals surface area contributed by atoms with Gasteiger partial charge in [-0.1, -0.05) is 34.1 Å².